The van der Waals surface area contributed by atoms with Gasteiger partial charge in [-0.15, -0.1) is 0 Å². The second-order valence-electron chi connectivity index (χ2n) is 2.75. The van der Waals surface area contributed by atoms with Gasteiger partial charge in [0.25, 0.3) is 0 Å². The van der Waals surface area contributed by atoms with Gasteiger partial charge in [0.05, 0.1) is 0 Å². The predicted octanol–water partition coefficient (Wildman–Crippen LogP) is 3.43. The summed E-state index contributed by atoms with van der Waals surface area (Å²) in [4.78, 5) is 10.5. The molecule has 0 aromatic rings. The summed E-state index contributed by atoms with van der Waals surface area (Å²) in [6.07, 6.45) is 3.01. The van der Waals surface area contributed by atoms with Crippen molar-refractivity contribution in [1.82, 2.24) is 0 Å². The first-order valence-electron chi connectivity index (χ1n) is 4.66. The lowest BCUT2D eigenvalue weighted by Crippen LogP contribution is -1.96. The van der Waals surface area contributed by atoms with E-state index in [1.165, 1.54) is 6.42 Å². The van der Waals surface area contributed by atoms with Gasteiger partial charge >= 0.3 is 0 Å². The van der Waals surface area contributed by atoms with Gasteiger partial charge in [0.1, 0.15) is 5.78 Å². The first kappa shape index (κ1) is 13.3. The minimum Gasteiger partial charge on any atom is -0.300 e. The lowest BCUT2D eigenvalue weighted by Gasteiger charge is -2.04. The average molecular weight is 158 g/mol. The first-order valence-corrected chi connectivity index (χ1v) is 4.66. The molecule has 0 N–H and O–H groups in total. The van der Waals surface area contributed by atoms with Crippen LogP contribution in [0.2, 0.25) is 0 Å². The van der Waals surface area contributed by atoms with Crippen molar-refractivity contribution in [2.24, 2.45) is 5.92 Å². The van der Waals surface area contributed by atoms with Crippen molar-refractivity contribution in [3.63, 3.8) is 0 Å². The molecule has 0 spiro atoms. The molecule has 0 aromatic carbocycles. The van der Waals surface area contributed by atoms with E-state index in [9.17, 15) is 4.79 Å². The highest BCUT2D eigenvalue weighted by Crippen LogP contribution is 2.08. The van der Waals surface area contributed by atoms with Gasteiger partial charge in [0.15, 0.2) is 0 Å². The maximum absolute atomic E-state index is 10.5. The number of hydrogen-bond acceptors (Lipinski definition) is 1. The van der Waals surface area contributed by atoms with Gasteiger partial charge in [0, 0.05) is 6.42 Å². The van der Waals surface area contributed by atoms with Crippen LogP contribution in [0.5, 0.6) is 0 Å². The van der Waals surface area contributed by atoms with E-state index in [0.29, 0.717) is 11.7 Å². The van der Waals surface area contributed by atoms with Crippen LogP contribution in [0.25, 0.3) is 0 Å². The third-order valence-corrected chi connectivity index (χ3v) is 1.69. The zero-order valence-electron chi connectivity index (χ0n) is 8.61. The standard InChI is InChI=1S/C8H16O.C2H6/c1-4-7(2)5-6-8(3)9;1-2/h7H,4-6H2,1-3H3;1-2H3. The van der Waals surface area contributed by atoms with Crippen molar-refractivity contribution in [2.45, 2.75) is 53.9 Å². The van der Waals surface area contributed by atoms with Crippen LogP contribution in [-0.4, -0.2) is 5.78 Å². The van der Waals surface area contributed by atoms with Crippen LogP contribution in [0.4, 0.5) is 0 Å². The third kappa shape index (κ3) is 12.8. The number of rotatable bonds is 4. The van der Waals surface area contributed by atoms with Crippen LogP contribution in [0.1, 0.15) is 53.9 Å². The largest absolute Gasteiger partial charge is 0.300 e. The summed E-state index contributed by atoms with van der Waals surface area (Å²) in [5.74, 6) is 1.03. The van der Waals surface area contributed by atoms with E-state index >= 15 is 0 Å². The second kappa shape index (κ2) is 9.67. The first-order chi connectivity index (χ1) is 5.16. The quantitative estimate of drug-likeness (QED) is 0.612. The molecule has 1 unspecified atom stereocenters. The summed E-state index contributed by atoms with van der Waals surface area (Å²) >= 11 is 0. The molecule has 68 valence electrons. The second-order valence-corrected chi connectivity index (χ2v) is 2.75. The third-order valence-electron chi connectivity index (χ3n) is 1.69. The molecule has 1 nitrogen and oxygen atoms in total. The molecule has 0 saturated carbocycles. The van der Waals surface area contributed by atoms with Crippen LogP contribution in [0, 0.1) is 5.92 Å². The molecule has 0 heterocycles. The van der Waals surface area contributed by atoms with Gasteiger partial charge < -0.3 is 4.79 Å². The molecule has 0 aromatic heterocycles. The number of carbonyl (C=O) groups is 1. The minimum atomic E-state index is 0.315. The smallest absolute Gasteiger partial charge is 0.129 e. The number of carbonyl (C=O) groups excluding carboxylic acids is 1. The molecule has 0 rings (SSSR count). The zero-order valence-corrected chi connectivity index (χ0v) is 8.61. The number of Topliss-reactive ketones (excluding diaryl/α,β-unsaturated/α-hetero) is 1. The van der Waals surface area contributed by atoms with E-state index in [-0.39, 0.29) is 0 Å². The molecular formula is C10H22O. The van der Waals surface area contributed by atoms with Gasteiger partial charge in [-0.25, -0.2) is 0 Å². The van der Waals surface area contributed by atoms with Crippen LogP contribution >= 0.6 is 0 Å². The lowest BCUT2D eigenvalue weighted by molar-refractivity contribution is -0.117. The fourth-order valence-corrected chi connectivity index (χ4v) is 0.654. The molecule has 11 heavy (non-hydrogen) atoms. The topological polar surface area (TPSA) is 17.1 Å². The summed E-state index contributed by atoms with van der Waals surface area (Å²) in [7, 11) is 0. The Morgan fingerprint density at radius 2 is 1.82 bits per heavy atom. The molecule has 0 fully saturated rings. The van der Waals surface area contributed by atoms with E-state index < -0.39 is 0 Å². The highest BCUT2D eigenvalue weighted by Gasteiger charge is 1.99. The highest BCUT2D eigenvalue weighted by molar-refractivity contribution is 5.75. The molecule has 0 amide bonds. The van der Waals surface area contributed by atoms with E-state index in [0.717, 1.165) is 12.8 Å². The summed E-state index contributed by atoms with van der Waals surface area (Å²) in [5, 5.41) is 0. The van der Waals surface area contributed by atoms with Crippen LogP contribution < -0.4 is 0 Å². The van der Waals surface area contributed by atoms with Crippen LogP contribution in [0.3, 0.4) is 0 Å². The fraction of sp³-hybridized carbons (Fsp3) is 0.900. The Kier molecular flexibility index (Phi) is 11.7. The maximum Gasteiger partial charge on any atom is 0.129 e. The Hall–Kier alpha value is -0.330. The zero-order chi connectivity index (χ0) is 9.28. The van der Waals surface area contributed by atoms with E-state index in [2.05, 4.69) is 13.8 Å². The van der Waals surface area contributed by atoms with Gasteiger partial charge in [-0.3, -0.25) is 0 Å². The molecule has 0 saturated heterocycles. The van der Waals surface area contributed by atoms with Crippen molar-refractivity contribution < 1.29 is 4.79 Å². The van der Waals surface area contributed by atoms with E-state index in [1.54, 1.807) is 6.92 Å². The molecule has 0 aliphatic heterocycles. The minimum absolute atomic E-state index is 0.315. The highest BCUT2D eigenvalue weighted by atomic mass is 16.1. The van der Waals surface area contributed by atoms with Gasteiger partial charge in [0.2, 0.25) is 0 Å². The molecule has 0 aliphatic rings. The lowest BCUT2D eigenvalue weighted by atomic mass is 10.0. The molecule has 0 bridgehead atoms. The predicted molar refractivity (Wildman–Crippen MR) is 50.7 cm³/mol. The number of ketones is 1. The normalized spacial score (nSPS) is 11.4. The Labute approximate surface area is 71.2 Å². The summed E-state index contributed by atoms with van der Waals surface area (Å²) in [6, 6.07) is 0. The average Bonchev–Trinajstić information content (AvgIpc) is 2.04. The van der Waals surface area contributed by atoms with Gasteiger partial charge in [-0.1, -0.05) is 34.1 Å². The SMILES string of the molecule is CC.CCC(C)CCC(C)=O. The van der Waals surface area contributed by atoms with Crippen molar-refractivity contribution in [2.75, 3.05) is 0 Å². The van der Waals surface area contributed by atoms with Crippen molar-refractivity contribution in [1.29, 1.82) is 0 Å². The Morgan fingerprint density at radius 3 is 2.09 bits per heavy atom. The van der Waals surface area contributed by atoms with Crippen molar-refractivity contribution >= 4 is 5.78 Å². The molecule has 0 radical (unpaired) electrons. The van der Waals surface area contributed by atoms with E-state index in [4.69, 9.17) is 0 Å². The monoisotopic (exact) mass is 158 g/mol. The van der Waals surface area contributed by atoms with E-state index in [1.807, 2.05) is 13.8 Å². The molecule has 0 aliphatic carbocycles. The van der Waals surface area contributed by atoms with Crippen molar-refractivity contribution in [3.05, 3.63) is 0 Å². The van der Waals surface area contributed by atoms with Crippen molar-refractivity contribution in [3.8, 4) is 0 Å². The number of hydrogen-bond donors (Lipinski definition) is 0. The fourth-order valence-electron chi connectivity index (χ4n) is 0.654. The van der Waals surface area contributed by atoms with Crippen LogP contribution in [-0.2, 0) is 4.79 Å². The Bertz CT molecular complexity index is 86.9. The summed E-state index contributed by atoms with van der Waals surface area (Å²) in [5.41, 5.74) is 0. The Morgan fingerprint density at radius 1 is 1.36 bits per heavy atom. The van der Waals surface area contributed by atoms with Crippen LogP contribution in [0.15, 0.2) is 0 Å². The molecular weight excluding hydrogens is 136 g/mol. The summed E-state index contributed by atoms with van der Waals surface area (Å²) < 4.78 is 0. The molecule has 1 atom stereocenters. The molecule has 1 heteroatoms. The van der Waals surface area contributed by atoms with Gasteiger partial charge in [-0.2, -0.15) is 0 Å². The van der Waals surface area contributed by atoms with Gasteiger partial charge in [-0.05, 0) is 19.3 Å². The summed E-state index contributed by atoms with van der Waals surface area (Å²) in [6.45, 7) is 10.00. The maximum atomic E-state index is 10.5. The Balaban J connectivity index is 0.